The molecule has 24 heavy (non-hydrogen) atoms. The fourth-order valence-electron chi connectivity index (χ4n) is 3.12. The van der Waals surface area contributed by atoms with Crippen molar-refractivity contribution in [1.82, 2.24) is 15.3 Å². The van der Waals surface area contributed by atoms with Crippen LogP contribution >= 0.6 is 0 Å². The van der Waals surface area contributed by atoms with E-state index in [2.05, 4.69) is 24.1 Å². The third kappa shape index (κ3) is 4.77. The lowest BCUT2D eigenvalue weighted by atomic mass is 10.1. The normalized spacial score (nSPS) is 25.0. The van der Waals surface area contributed by atoms with Crippen molar-refractivity contribution in [1.29, 1.82) is 0 Å². The highest BCUT2D eigenvalue weighted by atomic mass is 16.7. The van der Waals surface area contributed by atoms with Crippen molar-refractivity contribution in [3.05, 3.63) is 0 Å². The lowest BCUT2D eigenvalue weighted by Crippen LogP contribution is -2.48. The zero-order valence-corrected chi connectivity index (χ0v) is 14.2. The van der Waals surface area contributed by atoms with Crippen LogP contribution in [0.1, 0.15) is 52.4 Å². The zero-order chi connectivity index (χ0) is 17.7. The molecule has 2 aliphatic heterocycles. The SMILES string of the molecule is [13CH3]C1CCCC([13CH3])[15N]1[13CH2][13C](=O)NCCC(=O)ON1C(=O)CCC1=O. The molecule has 2 aliphatic rings. The fraction of sp³-hybridized carbons (Fsp3) is 0.750. The van der Waals surface area contributed by atoms with Crippen molar-refractivity contribution in [2.24, 2.45) is 0 Å². The highest BCUT2D eigenvalue weighted by molar-refractivity contribution is 6.01. The van der Waals surface area contributed by atoms with Gasteiger partial charge in [-0.1, -0.05) is 6.42 Å². The Hall–Kier alpha value is -1.96. The van der Waals surface area contributed by atoms with Crippen LogP contribution in [0.25, 0.3) is 0 Å². The molecular formula is C16H25N3O5. The molecule has 0 saturated carbocycles. The Balaban J connectivity index is 1.67. The number of hydrogen-bond acceptors (Lipinski definition) is 6. The Morgan fingerprint density at radius 2 is 1.71 bits per heavy atom. The van der Waals surface area contributed by atoms with Crippen molar-refractivity contribution in [3.8, 4) is 0 Å². The monoisotopic (exact) mass is 344 g/mol. The van der Waals surface area contributed by atoms with Gasteiger partial charge < -0.3 is 10.2 Å². The fourth-order valence-corrected chi connectivity index (χ4v) is 3.12. The van der Waals surface area contributed by atoms with Crippen LogP contribution in [-0.2, 0) is 24.0 Å². The van der Waals surface area contributed by atoms with E-state index >= 15 is 0 Å². The topological polar surface area (TPSA) is 96.0 Å². The molecule has 0 aromatic heterocycles. The minimum absolute atomic E-state index is 0.0645. The Labute approximate surface area is 141 Å². The molecule has 2 atom stereocenters. The Kier molecular flexibility index (Phi) is 6.30. The largest absolute Gasteiger partial charge is 0.354 e. The van der Waals surface area contributed by atoms with Crippen LogP contribution < -0.4 is 5.32 Å². The Morgan fingerprint density at radius 3 is 2.29 bits per heavy atom. The van der Waals surface area contributed by atoms with Gasteiger partial charge in [-0.15, -0.1) is 5.06 Å². The Morgan fingerprint density at radius 1 is 1.12 bits per heavy atom. The lowest BCUT2D eigenvalue weighted by molar-refractivity contribution is -0.197. The van der Waals surface area contributed by atoms with Crippen molar-refractivity contribution in [3.63, 3.8) is 0 Å². The van der Waals surface area contributed by atoms with E-state index in [1.807, 2.05) is 0 Å². The highest BCUT2D eigenvalue weighted by Gasteiger charge is 2.32. The van der Waals surface area contributed by atoms with E-state index in [9.17, 15) is 19.2 Å². The first kappa shape index (κ1) is 18.4. The van der Waals surface area contributed by atoms with E-state index in [4.69, 9.17) is 4.84 Å². The minimum atomic E-state index is -0.710. The van der Waals surface area contributed by atoms with Crippen LogP contribution in [0.2, 0.25) is 0 Å². The smallest absolute Gasteiger partial charge is 0.334 e. The van der Waals surface area contributed by atoms with E-state index in [1.54, 1.807) is 0 Å². The molecule has 2 saturated heterocycles. The molecular weight excluding hydrogens is 319 g/mol. The summed E-state index contributed by atoms with van der Waals surface area (Å²) in [5, 5.41) is 3.19. The van der Waals surface area contributed by atoms with Gasteiger partial charge in [0, 0.05) is 31.5 Å². The summed E-state index contributed by atoms with van der Waals surface area (Å²) in [4.78, 5) is 53.2. The van der Waals surface area contributed by atoms with Crippen molar-refractivity contribution >= 4 is 23.7 Å². The maximum absolute atomic E-state index is 12.0. The molecule has 134 valence electrons. The average Bonchev–Trinajstić information content (AvgIpc) is 2.83. The number of piperidine rings is 1. The molecule has 0 bridgehead atoms. The molecule has 1 N–H and O–H groups in total. The van der Waals surface area contributed by atoms with Crippen LogP contribution in [0.15, 0.2) is 0 Å². The lowest BCUT2D eigenvalue weighted by Gasteiger charge is -2.38. The van der Waals surface area contributed by atoms with E-state index in [0.717, 1.165) is 12.8 Å². The second kappa shape index (κ2) is 8.23. The van der Waals surface area contributed by atoms with E-state index in [0.29, 0.717) is 23.7 Å². The second-order valence-electron chi connectivity index (χ2n) is 6.45. The number of amides is 3. The number of carbonyl (C=O) groups excluding carboxylic acids is 4. The molecule has 0 aliphatic carbocycles. The average molecular weight is 344 g/mol. The number of nitrogens with one attached hydrogen (secondary N) is 1. The standard InChI is InChI=1S/C16H25N3O5/c1-11-4-3-5-12(2)18(11)10-13(20)17-9-8-16(23)24-19-14(21)6-7-15(19)22/h11-12H,3-10H2,1-2H3,(H,17,20)/i1+1,2+1,10+1,13+1,18+1. The number of carbonyl (C=O) groups is 4. The molecule has 8 nitrogen and oxygen atoms in total. The predicted molar refractivity (Wildman–Crippen MR) is 84.3 cm³/mol. The number of hydroxylamine groups is 2. The minimum Gasteiger partial charge on any atom is -0.354 e. The number of nitrogens with zero attached hydrogens (tertiary/aromatic N) is 2. The van der Waals surface area contributed by atoms with Gasteiger partial charge in [-0.2, -0.15) is 0 Å². The summed E-state index contributed by atoms with van der Waals surface area (Å²) in [5.74, 6) is -1.87. The maximum atomic E-state index is 12.0. The summed E-state index contributed by atoms with van der Waals surface area (Å²) in [6.45, 7) is 4.65. The molecule has 0 aromatic carbocycles. The molecule has 0 spiro atoms. The number of likely N-dealkylation sites (tertiary alicyclic amines) is 1. The molecule has 8 heteroatoms. The van der Waals surface area contributed by atoms with Gasteiger partial charge in [-0.3, -0.25) is 19.3 Å². The van der Waals surface area contributed by atoms with Gasteiger partial charge in [0.1, 0.15) is 0 Å². The first-order valence-corrected chi connectivity index (χ1v) is 8.47. The third-order valence-electron chi connectivity index (χ3n) is 4.55. The van der Waals surface area contributed by atoms with Crippen molar-refractivity contribution in [2.45, 2.75) is 64.5 Å². The molecule has 2 heterocycles. The predicted octanol–water partition coefficient (Wildman–Crippen LogP) is 0.363. The van der Waals surface area contributed by atoms with Crippen LogP contribution in [0.3, 0.4) is 0 Å². The molecule has 2 unspecified atom stereocenters. The zero-order valence-electron chi connectivity index (χ0n) is 14.2. The van der Waals surface area contributed by atoms with Gasteiger partial charge in [0.2, 0.25) is 5.91 Å². The Bertz CT molecular complexity index is 496. The summed E-state index contributed by atoms with van der Waals surface area (Å²) in [6, 6.07) is 0.744. The van der Waals surface area contributed by atoms with Gasteiger partial charge in [0.05, 0.1) is 13.0 Å². The van der Waals surface area contributed by atoms with Crippen LogP contribution in [0.4, 0.5) is 0 Å². The van der Waals surface area contributed by atoms with E-state index in [-0.39, 0.29) is 31.7 Å². The van der Waals surface area contributed by atoms with E-state index < -0.39 is 17.8 Å². The summed E-state index contributed by atoms with van der Waals surface area (Å²) in [5.41, 5.74) is 0. The van der Waals surface area contributed by atoms with Crippen LogP contribution in [0.5, 0.6) is 0 Å². The van der Waals surface area contributed by atoms with Gasteiger partial charge in [0.25, 0.3) is 11.8 Å². The van der Waals surface area contributed by atoms with Crippen LogP contribution in [-0.4, -0.2) is 58.8 Å². The first-order chi connectivity index (χ1) is 11.4. The molecule has 3 amide bonds. The number of hydrogen-bond donors (Lipinski definition) is 1. The van der Waals surface area contributed by atoms with Gasteiger partial charge in [-0.05, 0) is 26.7 Å². The molecule has 0 aromatic rings. The van der Waals surface area contributed by atoms with Gasteiger partial charge in [0.15, 0.2) is 0 Å². The van der Waals surface area contributed by atoms with Crippen molar-refractivity contribution in [2.75, 3.05) is 13.1 Å². The maximum Gasteiger partial charge on any atom is 0.334 e. The van der Waals surface area contributed by atoms with Crippen LogP contribution in [0, 0.1) is 0 Å². The first-order valence-electron chi connectivity index (χ1n) is 8.47. The highest BCUT2D eigenvalue weighted by Crippen LogP contribution is 2.21. The quantitative estimate of drug-likeness (QED) is 0.425. The molecule has 2 rings (SSSR count). The van der Waals surface area contributed by atoms with Gasteiger partial charge >= 0.3 is 5.97 Å². The molecule has 2 fully saturated rings. The number of imide groups is 1. The summed E-state index contributed by atoms with van der Waals surface area (Å²) < 4.78 is 0. The van der Waals surface area contributed by atoms with Gasteiger partial charge in [-0.25, -0.2) is 4.79 Å². The summed E-state index contributed by atoms with van der Waals surface area (Å²) >= 11 is 0. The molecule has 0 radical (unpaired) electrons. The van der Waals surface area contributed by atoms with E-state index in [1.165, 1.54) is 6.42 Å². The number of rotatable bonds is 6. The summed E-state index contributed by atoms with van der Waals surface area (Å²) in [6.07, 6.45) is 3.39. The third-order valence-corrected chi connectivity index (χ3v) is 4.55. The summed E-state index contributed by atoms with van der Waals surface area (Å²) in [7, 11) is 0. The van der Waals surface area contributed by atoms with Crippen molar-refractivity contribution < 1.29 is 24.0 Å². The second-order valence-corrected chi connectivity index (χ2v) is 6.45.